The first kappa shape index (κ1) is 15.0. The van der Waals surface area contributed by atoms with Gasteiger partial charge in [-0.15, -0.1) is 0 Å². The van der Waals surface area contributed by atoms with Crippen LogP contribution in [0.5, 0.6) is 5.75 Å². The van der Waals surface area contributed by atoms with Gasteiger partial charge in [-0.25, -0.2) is 0 Å². The van der Waals surface area contributed by atoms with Gasteiger partial charge in [0.2, 0.25) is 0 Å². The zero-order valence-corrected chi connectivity index (χ0v) is 13.5. The van der Waals surface area contributed by atoms with Crippen LogP contribution in [0.1, 0.15) is 0 Å². The predicted octanol–water partition coefficient (Wildman–Crippen LogP) is 6.34. The van der Waals surface area contributed by atoms with E-state index in [1.807, 2.05) is 30.3 Å². The maximum atomic E-state index is 6.34. The van der Waals surface area contributed by atoms with E-state index in [2.05, 4.69) is 24.3 Å². The molecular weight excluding hydrogens is 315 g/mol. The molecule has 22 heavy (non-hydrogen) atoms. The maximum absolute atomic E-state index is 6.34. The van der Waals surface area contributed by atoms with Crippen molar-refractivity contribution >= 4 is 23.2 Å². The van der Waals surface area contributed by atoms with Crippen LogP contribution < -0.4 is 4.74 Å². The van der Waals surface area contributed by atoms with Crippen LogP contribution in [0.2, 0.25) is 10.0 Å². The van der Waals surface area contributed by atoms with Crippen molar-refractivity contribution in [2.75, 3.05) is 7.11 Å². The molecule has 0 aliphatic heterocycles. The Balaban J connectivity index is 2.04. The summed E-state index contributed by atoms with van der Waals surface area (Å²) >= 11 is 12.4. The molecule has 0 spiro atoms. The van der Waals surface area contributed by atoms with Crippen LogP contribution in [0.25, 0.3) is 22.3 Å². The summed E-state index contributed by atoms with van der Waals surface area (Å²) in [6.07, 6.45) is 0. The SMILES string of the molecule is COc1cc(Cl)cc(Cl)c1-c1ccc(-c2ccccc2)cc1. The van der Waals surface area contributed by atoms with Gasteiger partial charge in [0, 0.05) is 10.6 Å². The lowest BCUT2D eigenvalue weighted by Gasteiger charge is -2.12. The number of rotatable bonds is 3. The molecule has 3 rings (SSSR count). The van der Waals surface area contributed by atoms with Gasteiger partial charge >= 0.3 is 0 Å². The molecule has 0 fully saturated rings. The minimum atomic E-state index is 0.562. The van der Waals surface area contributed by atoms with Crippen molar-refractivity contribution in [3.05, 3.63) is 76.8 Å². The summed E-state index contributed by atoms with van der Waals surface area (Å²) in [5.41, 5.74) is 4.20. The zero-order valence-electron chi connectivity index (χ0n) is 12.0. The Morgan fingerprint density at radius 2 is 1.32 bits per heavy atom. The minimum Gasteiger partial charge on any atom is -0.496 e. The van der Waals surface area contributed by atoms with E-state index in [1.54, 1.807) is 19.2 Å². The molecule has 0 bridgehead atoms. The van der Waals surface area contributed by atoms with Gasteiger partial charge in [-0.1, -0.05) is 77.8 Å². The lowest BCUT2D eigenvalue weighted by molar-refractivity contribution is 0.416. The number of hydrogen-bond donors (Lipinski definition) is 0. The number of ether oxygens (including phenoxy) is 1. The molecule has 3 heteroatoms. The number of hydrogen-bond acceptors (Lipinski definition) is 1. The van der Waals surface area contributed by atoms with Crippen molar-refractivity contribution < 1.29 is 4.74 Å². The highest BCUT2D eigenvalue weighted by atomic mass is 35.5. The number of benzene rings is 3. The molecule has 0 saturated carbocycles. The van der Waals surface area contributed by atoms with Gasteiger partial charge in [0.1, 0.15) is 5.75 Å². The van der Waals surface area contributed by atoms with Gasteiger partial charge in [0.25, 0.3) is 0 Å². The first-order valence-electron chi connectivity index (χ1n) is 6.88. The molecule has 0 radical (unpaired) electrons. The monoisotopic (exact) mass is 328 g/mol. The fourth-order valence-electron chi connectivity index (χ4n) is 2.45. The van der Waals surface area contributed by atoms with Crippen molar-refractivity contribution in [2.24, 2.45) is 0 Å². The Morgan fingerprint density at radius 1 is 0.727 bits per heavy atom. The van der Waals surface area contributed by atoms with Crippen molar-refractivity contribution in [3.8, 4) is 28.0 Å². The molecule has 0 saturated heterocycles. The number of methoxy groups -OCH3 is 1. The van der Waals surface area contributed by atoms with Gasteiger partial charge < -0.3 is 4.74 Å². The summed E-state index contributed by atoms with van der Waals surface area (Å²) < 4.78 is 5.41. The molecule has 3 aromatic carbocycles. The van der Waals surface area contributed by atoms with Crippen molar-refractivity contribution in [1.82, 2.24) is 0 Å². The first-order chi connectivity index (χ1) is 10.7. The van der Waals surface area contributed by atoms with E-state index in [0.29, 0.717) is 15.8 Å². The van der Waals surface area contributed by atoms with E-state index in [1.165, 1.54) is 5.56 Å². The maximum Gasteiger partial charge on any atom is 0.129 e. The lowest BCUT2D eigenvalue weighted by atomic mass is 10.00. The Hall–Kier alpha value is -1.96. The summed E-state index contributed by atoms with van der Waals surface area (Å²) in [7, 11) is 1.61. The Morgan fingerprint density at radius 3 is 1.95 bits per heavy atom. The van der Waals surface area contributed by atoms with Gasteiger partial charge in [-0.05, 0) is 28.8 Å². The average Bonchev–Trinajstić information content (AvgIpc) is 2.55. The van der Waals surface area contributed by atoms with E-state index in [4.69, 9.17) is 27.9 Å². The summed E-state index contributed by atoms with van der Waals surface area (Å²) in [6, 6.07) is 22.0. The Labute approximate surface area is 140 Å². The van der Waals surface area contributed by atoms with Crippen LogP contribution >= 0.6 is 23.2 Å². The van der Waals surface area contributed by atoms with E-state index in [-0.39, 0.29) is 0 Å². The molecule has 0 aliphatic rings. The topological polar surface area (TPSA) is 9.23 Å². The molecule has 110 valence electrons. The van der Waals surface area contributed by atoms with Gasteiger partial charge in [-0.3, -0.25) is 0 Å². The first-order valence-corrected chi connectivity index (χ1v) is 7.63. The van der Waals surface area contributed by atoms with E-state index < -0.39 is 0 Å². The third-order valence-corrected chi connectivity index (χ3v) is 4.04. The molecule has 3 aromatic rings. The van der Waals surface area contributed by atoms with Crippen molar-refractivity contribution in [3.63, 3.8) is 0 Å². The van der Waals surface area contributed by atoms with Gasteiger partial charge in [0.05, 0.1) is 12.1 Å². The second-order valence-electron chi connectivity index (χ2n) is 4.91. The molecule has 0 heterocycles. The highest BCUT2D eigenvalue weighted by molar-refractivity contribution is 6.37. The van der Waals surface area contributed by atoms with Crippen molar-refractivity contribution in [2.45, 2.75) is 0 Å². The molecule has 0 aromatic heterocycles. The zero-order chi connectivity index (χ0) is 15.5. The quantitative estimate of drug-likeness (QED) is 0.545. The third kappa shape index (κ3) is 2.96. The summed E-state index contributed by atoms with van der Waals surface area (Å²) in [5, 5.41) is 1.14. The van der Waals surface area contributed by atoms with Crippen LogP contribution in [0, 0.1) is 0 Å². The van der Waals surface area contributed by atoms with Crippen LogP contribution in [0.3, 0.4) is 0 Å². The summed E-state index contributed by atoms with van der Waals surface area (Å²) in [6.45, 7) is 0. The Bertz CT molecular complexity index is 781. The van der Waals surface area contributed by atoms with Crippen molar-refractivity contribution in [1.29, 1.82) is 0 Å². The van der Waals surface area contributed by atoms with Crippen LogP contribution in [0.15, 0.2) is 66.7 Å². The second kappa shape index (κ2) is 6.43. The molecule has 0 N–H and O–H groups in total. The smallest absolute Gasteiger partial charge is 0.129 e. The normalized spacial score (nSPS) is 10.5. The van der Waals surface area contributed by atoms with E-state index >= 15 is 0 Å². The minimum absolute atomic E-state index is 0.562. The van der Waals surface area contributed by atoms with Crippen LogP contribution in [0.4, 0.5) is 0 Å². The average molecular weight is 329 g/mol. The standard InChI is InChI=1S/C19H14Cl2O/c1-22-18-12-16(20)11-17(21)19(18)15-9-7-14(8-10-15)13-5-3-2-4-6-13/h2-12H,1H3. The summed E-state index contributed by atoms with van der Waals surface area (Å²) in [4.78, 5) is 0. The lowest BCUT2D eigenvalue weighted by Crippen LogP contribution is -1.89. The molecular formula is C19H14Cl2O. The molecule has 1 nitrogen and oxygen atoms in total. The van der Waals surface area contributed by atoms with E-state index in [9.17, 15) is 0 Å². The van der Waals surface area contributed by atoms with Gasteiger partial charge in [0.15, 0.2) is 0 Å². The highest BCUT2D eigenvalue weighted by Crippen LogP contribution is 2.39. The fourth-order valence-corrected chi connectivity index (χ4v) is 3.03. The van der Waals surface area contributed by atoms with E-state index in [0.717, 1.165) is 16.7 Å². The second-order valence-corrected chi connectivity index (χ2v) is 5.75. The molecule has 0 atom stereocenters. The predicted molar refractivity (Wildman–Crippen MR) is 93.9 cm³/mol. The molecule has 0 amide bonds. The molecule has 0 aliphatic carbocycles. The summed E-state index contributed by atoms with van der Waals surface area (Å²) in [5.74, 6) is 0.671. The number of halogens is 2. The highest BCUT2D eigenvalue weighted by Gasteiger charge is 2.12. The van der Waals surface area contributed by atoms with Gasteiger partial charge in [-0.2, -0.15) is 0 Å². The molecule has 0 unspecified atom stereocenters. The Kier molecular flexibility index (Phi) is 4.37. The van der Waals surface area contributed by atoms with Crippen LogP contribution in [-0.4, -0.2) is 7.11 Å². The fraction of sp³-hybridized carbons (Fsp3) is 0.0526. The van der Waals surface area contributed by atoms with Crippen LogP contribution in [-0.2, 0) is 0 Å². The third-order valence-electron chi connectivity index (χ3n) is 3.52. The largest absolute Gasteiger partial charge is 0.496 e.